The molecule has 2 aliphatic rings. The number of methoxy groups -OCH3 is 1. The summed E-state index contributed by atoms with van der Waals surface area (Å²) in [6, 6.07) is 19.6. The van der Waals surface area contributed by atoms with Crippen LogP contribution >= 0.6 is 11.6 Å². The third-order valence-corrected chi connectivity index (χ3v) is 7.85. The second-order valence-electron chi connectivity index (χ2n) is 10.4. The number of fused-ring (bicyclic) bond motifs is 2. The molecule has 1 fully saturated rings. The molecule has 5 rings (SSSR count). The van der Waals surface area contributed by atoms with Crippen LogP contribution < -0.4 is 15.5 Å². The van der Waals surface area contributed by atoms with Crippen LogP contribution in [0.3, 0.4) is 0 Å². The van der Waals surface area contributed by atoms with Gasteiger partial charge in [-0.05, 0) is 48.0 Å². The Morgan fingerprint density at radius 1 is 1.14 bits per heavy atom. The topological polar surface area (TPSA) is 138 Å². The lowest BCUT2D eigenvalue weighted by Crippen LogP contribution is -2.50. The lowest BCUT2D eigenvalue weighted by Gasteiger charge is -2.35. The van der Waals surface area contributed by atoms with Crippen LogP contribution in [0.2, 0.25) is 5.02 Å². The number of carboxylic acid groups (broad SMARTS) is 1. The number of hydrogen-bond donors (Lipinski definition) is 3. The van der Waals surface area contributed by atoms with E-state index in [2.05, 4.69) is 10.6 Å². The van der Waals surface area contributed by atoms with E-state index >= 15 is 0 Å². The third-order valence-electron chi connectivity index (χ3n) is 7.62. The number of ether oxygens (including phenoxy) is 2. The molecule has 12 heteroatoms. The van der Waals surface area contributed by atoms with Crippen molar-refractivity contribution in [1.82, 2.24) is 10.2 Å². The first kappa shape index (κ1) is 29.9. The SMILES string of the molecule is COCCN(C(=O)O)c1ccc(C(=O)N[C@@H](Cc2ccccc2)C(=O)N2CCC3(C2)OC(=O)Nc2ccc(Cl)cc23)cc1. The van der Waals surface area contributed by atoms with Crippen molar-refractivity contribution in [3.05, 3.63) is 94.5 Å². The Labute approximate surface area is 253 Å². The summed E-state index contributed by atoms with van der Waals surface area (Å²) in [7, 11) is 1.48. The van der Waals surface area contributed by atoms with E-state index in [9.17, 15) is 24.3 Å². The van der Waals surface area contributed by atoms with Gasteiger partial charge in [0.1, 0.15) is 6.04 Å². The van der Waals surface area contributed by atoms with Crippen LogP contribution in [-0.4, -0.2) is 73.4 Å². The molecule has 3 aromatic rings. The van der Waals surface area contributed by atoms with Crippen molar-refractivity contribution in [2.24, 2.45) is 0 Å². The predicted octanol–water partition coefficient (Wildman–Crippen LogP) is 4.50. The highest BCUT2D eigenvalue weighted by atomic mass is 35.5. The first-order valence-corrected chi connectivity index (χ1v) is 14.1. The number of anilines is 2. The minimum atomic E-state index is -1.14. The van der Waals surface area contributed by atoms with E-state index in [1.807, 2.05) is 30.3 Å². The van der Waals surface area contributed by atoms with Crippen LogP contribution in [0.25, 0.3) is 0 Å². The highest BCUT2D eigenvalue weighted by Gasteiger charge is 2.49. The number of hydrogen-bond acceptors (Lipinski definition) is 6. The Morgan fingerprint density at radius 3 is 2.58 bits per heavy atom. The summed E-state index contributed by atoms with van der Waals surface area (Å²) in [6.07, 6.45) is -1.14. The molecule has 0 radical (unpaired) electrons. The summed E-state index contributed by atoms with van der Waals surface area (Å²) in [4.78, 5) is 54.1. The molecule has 2 heterocycles. The van der Waals surface area contributed by atoms with Crippen LogP contribution in [0.4, 0.5) is 21.0 Å². The highest BCUT2D eigenvalue weighted by Crippen LogP contribution is 2.43. The van der Waals surface area contributed by atoms with Crippen LogP contribution in [0.15, 0.2) is 72.8 Å². The summed E-state index contributed by atoms with van der Waals surface area (Å²) in [6.45, 7) is 0.754. The van der Waals surface area contributed by atoms with Crippen molar-refractivity contribution in [3.8, 4) is 0 Å². The average Bonchev–Trinajstić information content (AvgIpc) is 3.41. The van der Waals surface area contributed by atoms with Crippen molar-refractivity contribution >= 4 is 47.0 Å². The third kappa shape index (κ3) is 6.58. The molecule has 2 atom stereocenters. The Kier molecular flexibility index (Phi) is 8.84. The molecule has 43 heavy (non-hydrogen) atoms. The fourth-order valence-corrected chi connectivity index (χ4v) is 5.64. The predicted molar refractivity (Wildman–Crippen MR) is 160 cm³/mol. The van der Waals surface area contributed by atoms with Crippen molar-refractivity contribution in [2.75, 3.05) is 43.6 Å². The van der Waals surface area contributed by atoms with E-state index in [4.69, 9.17) is 21.1 Å². The van der Waals surface area contributed by atoms with E-state index in [0.717, 1.165) is 10.5 Å². The lowest BCUT2D eigenvalue weighted by atomic mass is 9.90. The number of carbonyl (C=O) groups excluding carboxylic acids is 3. The van der Waals surface area contributed by atoms with Gasteiger partial charge in [0.05, 0.1) is 25.4 Å². The summed E-state index contributed by atoms with van der Waals surface area (Å²) >= 11 is 6.26. The van der Waals surface area contributed by atoms with Gasteiger partial charge >= 0.3 is 12.2 Å². The summed E-state index contributed by atoms with van der Waals surface area (Å²) < 4.78 is 10.8. The molecular weight excluding hydrogens is 576 g/mol. The molecule has 0 saturated carbocycles. The number of nitrogens with one attached hydrogen (secondary N) is 2. The molecular formula is C31H31ClN4O7. The minimum Gasteiger partial charge on any atom is -0.465 e. The number of nitrogens with zero attached hydrogens (tertiary/aromatic N) is 2. The zero-order chi connectivity index (χ0) is 30.6. The molecule has 4 amide bonds. The van der Waals surface area contributed by atoms with E-state index in [-0.39, 0.29) is 37.6 Å². The fourth-order valence-electron chi connectivity index (χ4n) is 5.47. The highest BCUT2D eigenvalue weighted by molar-refractivity contribution is 6.30. The molecule has 0 aromatic heterocycles. The normalized spacial score (nSPS) is 17.9. The number of benzene rings is 3. The quantitative estimate of drug-likeness (QED) is 0.326. The largest absolute Gasteiger partial charge is 0.465 e. The van der Waals surface area contributed by atoms with Gasteiger partial charge in [-0.15, -0.1) is 0 Å². The van der Waals surface area contributed by atoms with Crippen molar-refractivity contribution < 1.29 is 33.8 Å². The maximum absolute atomic E-state index is 14.0. The van der Waals surface area contributed by atoms with Gasteiger partial charge < -0.3 is 24.8 Å². The van der Waals surface area contributed by atoms with Gasteiger partial charge in [-0.1, -0.05) is 41.9 Å². The van der Waals surface area contributed by atoms with Crippen molar-refractivity contribution in [1.29, 1.82) is 0 Å². The first-order chi connectivity index (χ1) is 20.7. The molecule has 2 aliphatic heterocycles. The van der Waals surface area contributed by atoms with Crippen LogP contribution in [0.5, 0.6) is 0 Å². The maximum atomic E-state index is 14.0. The monoisotopic (exact) mass is 606 g/mol. The Hall–Kier alpha value is -4.61. The van der Waals surface area contributed by atoms with E-state index < -0.39 is 29.7 Å². The van der Waals surface area contributed by atoms with E-state index in [1.54, 1.807) is 23.1 Å². The molecule has 1 saturated heterocycles. The number of rotatable bonds is 9. The second-order valence-corrected chi connectivity index (χ2v) is 10.8. The second kappa shape index (κ2) is 12.7. The van der Waals surface area contributed by atoms with Crippen LogP contribution in [0, 0.1) is 0 Å². The van der Waals surface area contributed by atoms with Gasteiger partial charge in [0.2, 0.25) is 5.91 Å². The zero-order valence-corrected chi connectivity index (χ0v) is 24.2. The molecule has 0 bridgehead atoms. The van der Waals surface area contributed by atoms with Gasteiger partial charge in [0.25, 0.3) is 5.91 Å². The number of amides is 4. The van der Waals surface area contributed by atoms with Gasteiger partial charge in [-0.3, -0.25) is 19.8 Å². The van der Waals surface area contributed by atoms with Crippen molar-refractivity contribution in [2.45, 2.75) is 24.5 Å². The Bertz CT molecular complexity index is 1520. The number of halogens is 1. The Morgan fingerprint density at radius 2 is 1.88 bits per heavy atom. The van der Waals surface area contributed by atoms with Gasteiger partial charge in [0.15, 0.2) is 5.60 Å². The number of likely N-dealkylation sites (tertiary alicyclic amines) is 1. The van der Waals surface area contributed by atoms with Crippen molar-refractivity contribution in [3.63, 3.8) is 0 Å². The van der Waals surface area contributed by atoms with Crippen LogP contribution in [0.1, 0.15) is 27.9 Å². The zero-order valence-electron chi connectivity index (χ0n) is 23.4. The first-order valence-electron chi connectivity index (χ1n) is 13.7. The molecule has 0 aliphatic carbocycles. The standard InChI is InChI=1S/C31H31ClN4O7/c1-42-16-15-36(30(40)41)23-10-7-21(8-11-23)27(37)33-26(17-20-5-3-2-4-6-20)28(38)35-14-13-31(19-35)24-18-22(32)9-12-25(24)34-29(39)43-31/h2-12,18,26H,13-17,19H2,1H3,(H,33,37)(H,34,39)(H,40,41)/t26-,31?/m0/s1. The molecule has 3 N–H and O–H groups in total. The molecule has 11 nitrogen and oxygen atoms in total. The van der Waals surface area contributed by atoms with E-state index in [0.29, 0.717) is 34.9 Å². The molecule has 1 spiro atoms. The van der Waals surface area contributed by atoms with Gasteiger partial charge in [-0.2, -0.15) is 0 Å². The van der Waals surface area contributed by atoms with Crippen LogP contribution in [-0.2, 0) is 26.3 Å². The fraction of sp³-hybridized carbons (Fsp3) is 0.290. The molecule has 3 aromatic carbocycles. The smallest absolute Gasteiger partial charge is 0.412 e. The maximum Gasteiger partial charge on any atom is 0.412 e. The van der Waals surface area contributed by atoms with E-state index in [1.165, 1.54) is 31.4 Å². The average molecular weight is 607 g/mol. The summed E-state index contributed by atoms with van der Waals surface area (Å²) in [5.74, 6) is -0.806. The van der Waals surface area contributed by atoms with Gasteiger partial charge in [-0.25, -0.2) is 9.59 Å². The minimum absolute atomic E-state index is 0.106. The molecule has 1 unspecified atom stereocenters. The summed E-state index contributed by atoms with van der Waals surface area (Å²) in [5, 5.41) is 15.6. The molecule has 224 valence electrons. The lowest BCUT2D eigenvalue weighted by molar-refractivity contribution is -0.133. The Balaban J connectivity index is 1.36. The number of carbonyl (C=O) groups is 4. The summed E-state index contributed by atoms with van der Waals surface area (Å²) in [5.41, 5.74) is 1.72. The van der Waals surface area contributed by atoms with Gasteiger partial charge in [0, 0.05) is 48.3 Å².